The normalized spacial score (nSPS) is 27.6. The van der Waals surface area contributed by atoms with Gasteiger partial charge in [0.25, 0.3) is 0 Å². The summed E-state index contributed by atoms with van der Waals surface area (Å²) in [5.41, 5.74) is 3.55. The number of hydrogen-bond donors (Lipinski definition) is 1. The highest BCUT2D eigenvalue weighted by Crippen LogP contribution is 2.31. The Bertz CT molecular complexity index is 460. The van der Waals surface area contributed by atoms with E-state index in [4.69, 9.17) is 0 Å². The average molecular weight is 260 g/mol. The lowest BCUT2D eigenvalue weighted by Crippen LogP contribution is -2.36. The summed E-state index contributed by atoms with van der Waals surface area (Å²) in [5, 5.41) is 9.27. The molecule has 104 valence electrons. The van der Waals surface area contributed by atoms with E-state index in [-0.39, 0.29) is 6.61 Å². The maximum absolute atomic E-state index is 9.27. The Morgan fingerprint density at radius 3 is 2.74 bits per heavy atom. The van der Waals surface area contributed by atoms with Crippen LogP contribution in [0.5, 0.6) is 0 Å². The van der Waals surface area contributed by atoms with Crippen LogP contribution in [0.2, 0.25) is 0 Å². The van der Waals surface area contributed by atoms with E-state index in [9.17, 15) is 5.11 Å². The van der Waals surface area contributed by atoms with Crippen LogP contribution in [0.25, 0.3) is 0 Å². The zero-order valence-electron chi connectivity index (χ0n) is 12.0. The molecule has 2 fully saturated rings. The maximum atomic E-state index is 9.27. The van der Waals surface area contributed by atoms with Crippen LogP contribution in [0.1, 0.15) is 30.4 Å². The second kappa shape index (κ2) is 5.14. The predicted octanol–water partition coefficient (Wildman–Crippen LogP) is 2.16. The highest BCUT2D eigenvalue weighted by atomic mass is 16.3. The number of likely N-dealkylation sites (N-methyl/N-ethyl adjacent to an activating group) is 1. The van der Waals surface area contributed by atoms with Gasteiger partial charge in [-0.15, -0.1) is 0 Å². The van der Waals surface area contributed by atoms with Crippen LogP contribution in [0.4, 0.5) is 5.69 Å². The van der Waals surface area contributed by atoms with E-state index < -0.39 is 0 Å². The fourth-order valence-corrected chi connectivity index (χ4v) is 3.60. The van der Waals surface area contributed by atoms with Crippen molar-refractivity contribution in [2.75, 3.05) is 25.0 Å². The minimum atomic E-state index is 0.138. The number of aryl methyl sites for hydroxylation is 1. The molecule has 0 saturated carbocycles. The highest BCUT2D eigenvalue weighted by Gasteiger charge is 2.34. The van der Waals surface area contributed by atoms with Crippen molar-refractivity contribution in [1.82, 2.24) is 4.90 Å². The lowest BCUT2D eigenvalue weighted by atomic mass is 10.1. The second-order valence-corrected chi connectivity index (χ2v) is 6.05. The van der Waals surface area contributed by atoms with Gasteiger partial charge < -0.3 is 10.0 Å². The molecular formula is C16H24N2O. The number of nitrogens with zero attached hydrogens (tertiary/aromatic N) is 2. The molecule has 0 spiro atoms. The third-order valence-corrected chi connectivity index (χ3v) is 5.01. The number of benzene rings is 1. The minimum Gasteiger partial charge on any atom is -0.392 e. The van der Waals surface area contributed by atoms with Crippen molar-refractivity contribution in [3.05, 3.63) is 29.3 Å². The zero-order valence-corrected chi connectivity index (χ0v) is 12.0. The number of aliphatic hydroxyl groups is 1. The van der Waals surface area contributed by atoms with Gasteiger partial charge >= 0.3 is 0 Å². The molecule has 19 heavy (non-hydrogen) atoms. The van der Waals surface area contributed by atoms with Gasteiger partial charge in [-0.3, -0.25) is 4.90 Å². The van der Waals surface area contributed by atoms with Crippen LogP contribution in [-0.2, 0) is 6.61 Å². The molecule has 2 heterocycles. The molecular weight excluding hydrogens is 236 g/mol. The smallest absolute Gasteiger partial charge is 0.0684 e. The quantitative estimate of drug-likeness (QED) is 0.883. The second-order valence-electron chi connectivity index (χ2n) is 6.05. The lowest BCUT2D eigenvalue weighted by Gasteiger charge is -2.28. The average Bonchev–Trinajstić information content (AvgIpc) is 2.63. The van der Waals surface area contributed by atoms with E-state index in [0.29, 0.717) is 6.04 Å². The van der Waals surface area contributed by atoms with E-state index in [2.05, 4.69) is 42.0 Å². The first-order chi connectivity index (χ1) is 9.19. The number of fused-ring (bicyclic) bond motifs is 2. The molecule has 2 unspecified atom stereocenters. The van der Waals surface area contributed by atoms with Crippen LogP contribution < -0.4 is 4.90 Å². The molecule has 0 aromatic heterocycles. The van der Waals surface area contributed by atoms with Crippen molar-refractivity contribution >= 4 is 5.69 Å². The molecule has 2 aliphatic heterocycles. The molecule has 0 aliphatic carbocycles. The molecule has 3 rings (SSSR count). The van der Waals surface area contributed by atoms with Crippen LogP contribution >= 0.6 is 0 Å². The van der Waals surface area contributed by atoms with Gasteiger partial charge in [0.05, 0.1) is 6.61 Å². The molecule has 3 nitrogen and oxygen atoms in total. The van der Waals surface area contributed by atoms with Crippen LogP contribution in [-0.4, -0.2) is 42.2 Å². The van der Waals surface area contributed by atoms with Crippen molar-refractivity contribution in [3.63, 3.8) is 0 Å². The fourth-order valence-electron chi connectivity index (χ4n) is 3.60. The summed E-state index contributed by atoms with van der Waals surface area (Å²) in [5.74, 6) is 0. The van der Waals surface area contributed by atoms with Crippen LogP contribution in [0, 0.1) is 6.92 Å². The SMILES string of the molecule is Cc1cc(N2CCC3CCC(C2)N3C)ccc1CO. The molecule has 2 aliphatic rings. The molecule has 2 atom stereocenters. The molecule has 1 N–H and O–H groups in total. The zero-order chi connectivity index (χ0) is 13.4. The maximum Gasteiger partial charge on any atom is 0.0684 e. The van der Waals surface area contributed by atoms with E-state index >= 15 is 0 Å². The van der Waals surface area contributed by atoms with E-state index in [1.165, 1.54) is 30.5 Å². The molecule has 0 radical (unpaired) electrons. The summed E-state index contributed by atoms with van der Waals surface area (Å²) < 4.78 is 0. The van der Waals surface area contributed by atoms with Gasteiger partial charge in [-0.25, -0.2) is 0 Å². The molecule has 1 aromatic carbocycles. The first-order valence-corrected chi connectivity index (χ1v) is 7.36. The summed E-state index contributed by atoms with van der Waals surface area (Å²) in [6.07, 6.45) is 3.98. The Morgan fingerprint density at radius 2 is 2.00 bits per heavy atom. The predicted molar refractivity (Wildman–Crippen MR) is 78.5 cm³/mol. The van der Waals surface area contributed by atoms with Gasteiger partial charge in [-0.05, 0) is 56.5 Å². The molecule has 1 aromatic rings. The Kier molecular flexibility index (Phi) is 3.50. The van der Waals surface area contributed by atoms with Crippen molar-refractivity contribution in [3.8, 4) is 0 Å². The summed E-state index contributed by atoms with van der Waals surface area (Å²) in [6.45, 7) is 4.53. The standard InChI is InChI=1S/C16H24N2O/c1-12-9-15(4-3-13(12)11-19)18-8-7-14-5-6-16(10-18)17(14)2/h3-4,9,14,16,19H,5-8,10-11H2,1-2H3. The van der Waals surface area contributed by atoms with Crippen LogP contribution in [0.15, 0.2) is 18.2 Å². The summed E-state index contributed by atoms with van der Waals surface area (Å²) >= 11 is 0. The summed E-state index contributed by atoms with van der Waals surface area (Å²) in [4.78, 5) is 5.10. The minimum absolute atomic E-state index is 0.138. The topological polar surface area (TPSA) is 26.7 Å². The molecule has 2 saturated heterocycles. The van der Waals surface area contributed by atoms with Gasteiger partial charge in [0.15, 0.2) is 0 Å². The number of aliphatic hydroxyl groups excluding tert-OH is 1. The third-order valence-electron chi connectivity index (χ3n) is 5.01. The Morgan fingerprint density at radius 1 is 1.21 bits per heavy atom. The molecule has 2 bridgehead atoms. The first kappa shape index (κ1) is 12.9. The molecule has 0 amide bonds. The summed E-state index contributed by atoms with van der Waals surface area (Å²) in [7, 11) is 2.28. The number of rotatable bonds is 2. The van der Waals surface area contributed by atoms with E-state index in [1.807, 2.05) is 0 Å². The van der Waals surface area contributed by atoms with Gasteiger partial charge in [0, 0.05) is 30.9 Å². The number of anilines is 1. The fraction of sp³-hybridized carbons (Fsp3) is 0.625. The van der Waals surface area contributed by atoms with Crippen molar-refractivity contribution in [1.29, 1.82) is 0 Å². The lowest BCUT2D eigenvalue weighted by molar-refractivity contribution is 0.254. The first-order valence-electron chi connectivity index (χ1n) is 7.36. The monoisotopic (exact) mass is 260 g/mol. The Balaban J connectivity index is 1.81. The van der Waals surface area contributed by atoms with Crippen LogP contribution in [0.3, 0.4) is 0 Å². The van der Waals surface area contributed by atoms with Gasteiger partial charge in [0.2, 0.25) is 0 Å². The van der Waals surface area contributed by atoms with E-state index in [0.717, 1.165) is 24.7 Å². The van der Waals surface area contributed by atoms with Crippen molar-refractivity contribution in [2.24, 2.45) is 0 Å². The summed E-state index contributed by atoms with van der Waals surface area (Å²) in [6, 6.07) is 7.96. The van der Waals surface area contributed by atoms with Gasteiger partial charge in [0.1, 0.15) is 0 Å². The van der Waals surface area contributed by atoms with E-state index in [1.54, 1.807) is 0 Å². The third kappa shape index (κ3) is 2.37. The highest BCUT2D eigenvalue weighted by molar-refractivity contribution is 5.51. The Hall–Kier alpha value is -1.06. The van der Waals surface area contributed by atoms with Gasteiger partial charge in [-0.2, -0.15) is 0 Å². The largest absolute Gasteiger partial charge is 0.392 e. The van der Waals surface area contributed by atoms with Gasteiger partial charge in [-0.1, -0.05) is 6.07 Å². The molecule has 3 heteroatoms. The van der Waals surface area contributed by atoms with Crippen molar-refractivity contribution in [2.45, 2.75) is 44.9 Å². The number of hydrogen-bond acceptors (Lipinski definition) is 3. The Labute approximate surface area is 115 Å². The van der Waals surface area contributed by atoms with Crippen molar-refractivity contribution < 1.29 is 5.11 Å².